The van der Waals surface area contributed by atoms with Gasteiger partial charge in [-0.2, -0.15) is 0 Å². The number of hydroxylamine groups is 1. The molecule has 2 rings (SSSR count). The molecule has 29 heavy (non-hydrogen) atoms. The number of hydrogen-bond donors (Lipinski definition) is 2. The molecule has 0 spiro atoms. The lowest BCUT2D eigenvalue weighted by Gasteiger charge is -2.18. The molecule has 0 atom stereocenters. The van der Waals surface area contributed by atoms with E-state index in [1.807, 2.05) is 0 Å². The summed E-state index contributed by atoms with van der Waals surface area (Å²) in [6.45, 7) is 8.79. The molecule has 8 heteroatoms. The number of phenolic OH excluding ortho intramolecular Hbond substituents is 2. The Morgan fingerprint density at radius 1 is 1.17 bits per heavy atom. The third-order valence-corrected chi connectivity index (χ3v) is 4.04. The molecule has 0 radical (unpaired) electrons. The van der Waals surface area contributed by atoms with Gasteiger partial charge in [-0.25, -0.2) is 14.5 Å². The van der Waals surface area contributed by atoms with Crippen molar-refractivity contribution in [1.29, 1.82) is 0 Å². The molecule has 1 aromatic heterocycles. The Bertz CT molecular complexity index is 975. The molecule has 0 aliphatic heterocycles. The Hall–Kier alpha value is -3.42. The van der Waals surface area contributed by atoms with Crippen molar-refractivity contribution in [3.05, 3.63) is 57.8 Å². The van der Waals surface area contributed by atoms with E-state index in [9.17, 15) is 20.2 Å². The third-order valence-electron chi connectivity index (χ3n) is 4.04. The Morgan fingerprint density at radius 2 is 1.86 bits per heavy atom. The Labute approximate surface area is 169 Å². The van der Waals surface area contributed by atoms with E-state index in [4.69, 9.17) is 4.74 Å². The van der Waals surface area contributed by atoms with Crippen LogP contribution in [0.5, 0.6) is 11.5 Å². The minimum atomic E-state index is -0.592. The predicted octanol–water partition coefficient (Wildman–Crippen LogP) is 2.99. The van der Waals surface area contributed by atoms with Crippen LogP contribution in [0.3, 0.4) is 0 Å². The highest BCUT2D eigenvalue weighted by atomic mass is 16.5. The van der Waals surface area contributed by atoms with E-state index in [-0.39, 0.29) is 18.1 Å². The molecule has 1 heterocycles. The molecular formula is C21H25N3O5. The second kappa shape index (κ2) is 8.72. The van der Waals surface area contributed by atoms with E-state index in [0.29, 0.717) is 28.3 Å². The summed E-state index contributed by atoms with van der Waals surface area (Å²) in [4.78, 5) is 20.7. The van der Waals surface area contributed by atoms with Gasteiger partial charge in [0, 0.05) is 26.8 Å². The number of aryl methyl sites for hydroxylation is 2. The minimum Gasteiger partial charge on any atom is -0.623 e. The van der Waals surface area contributed by atoms with Crippen molar-refractivity contribution < 1.29 is 24.5 Å². The van der Waals surface area contributed by atoms with Gasteiger partial charge in [0.15, 0.2) is 17.0 Å². The van der Waals surface area contributed by atoms with E-state index in [2.05, 4.69) is 9.97 Å². The summed E-state index contributed by atoms with van der Waals surface area (Å²) < 4.78 is 6.02. The molecular weight excluding hydrogens is 374 g/mol. The normalized spacial score (nSPS) is 12.4. The zero-order valence-electron chi connectivity index (χ0n) is 17.1. The van der Waals surface area contributed by atoms with Gasteiger partial charge in [0.2, 0.25) is 6.21 Å². The Morgan fingerprint density at radius 3 is 2.48 bits per heavy atom. The van der Waals surface area contributed by atoms with Crippen molar-refractivity contribution in [1.82, 2.24) is 9.97 Å². The average Bonchev–Trinajstić information content (AvgIpc) is 2.63. The molecule has 0 unspecified atom stereocenters. The molecule has 0 fully saturated rings. The number of benzene rings is 1. The number of rotatable bonds is 5. The monoisotopic (exact) mass is 399 g/mol. The molecule has 8 nitrogen and oxygen atoms in total. The molecule has 0 saturated heterocycles. The van der Waals surface area contributed by atoms with Crippen LogP contribution in [0.2, 0.25) is 0 Å². The van der Waals surface area contributed by atoms with Crippen LogP contribution in [-0.4, -0.2) is 42.6 Å². The van der Waals surface area contributed by atoms with E-state index in [0.717, 1.165) is 4.74 Å². The predicted molar refractivity (Wildman–Crippen MR) is 109 cm³/mol. The molecule has 0 bridgehead atoms. The van der Waals surface area contributed by atoms with Gasteiger partial charge in [0.1, 0.15) is 12.3 Å². The number of esters is 1. The first kappa shape index (κ1) is 21.9. The van der Waals surface area contributed by atoms with Crippen LogP contribution in [0.25, 0.3) is 6.08 Å². The zero-order valence-corrected chi connectivity index (χ0v) is 17.1. The van der Waals surface area contributed by atoms with Crippen molar-refractivity contribution in [3.63, 3.8) is 0 Å². The van der Waals surface area contributed by atoms with Crippen LogP contribution in [-0.2, 0) is 16.1 Å². The highest BCUT2D eigenvalue weighted by Crippen LogP contribution is 2.25. The van der Waals surface area contributed by atoms with E-state index < -0.39 is 11.5 Å². The van der Waals surface area contributed by atoms with E-state index in [1.54, 1.807) is 40.7 Å². The molecule has 1 aromatic carbocycles. The minimum absolute atomic E-state index is 0.0652. The highest BCUT2D eigenvalue weighted by molar-refractivity contribution is 5.87. The molecule has 2 aromatic rings. The smallest absolute Gasteiger partial charge is 0.331 e. The molecule has 0 aliphatic rings. The second-order valence-corrected chi connectivity index (χ2v) is 7.54. The van der Waals surface area contributed by atoms with Gasteiger partial charge in [-0.1, -0.05) is 6.07 Å². The van der Waals surface area contributed by atoms with Crippen molar-refractivity contribution >= 4 is 18.3 Å². The standard InChI is InChI=1S/C21H25N3O5/c1-13-16(11-24(28)21(3,4)5)22-14(2)17(23-13)12-29-20(27)9-7-15-6-8-18(25)19(26)10-15/h6-11,25-26H,12H2,1-5H3/b9-7+,24-11-. The highest BCUT2D eigenvalue weighted by Gasteiger charge is 2.19. The Balaban J connectivity index is 2.06. The van der Waals surface area contributed by atoms with Gasteiger partial charge in [0.25, 0.3) is 0 Å². The number of hydrogen-bond acceptors (Lipinski definition) is 7. The quantitative estimate of drug-likeness (QED) is 0.151. The van der Waals surface area contributed by atoms with Gasteiger partial charge >= 0.3 is 5.97 Å². The number of carbonyl (C=O) groups is 1. The van der Waals surface area contributed by atoms with Gasteiger partial charge in [0.05, 0.1) is 17.1 Å². The van der Waals surface area contributed by atoms with Crippen LogP contribution < -0.4 is 0 Å². The number of aromatic hydroxyl groups is 2. The fraction of sp³-hybridized carbons (Fsp3) is 0.333. The number of nitrogens with zero attached hydrogens (tertiary/aromatic N) is 3. The summed E-state index contributed by atoms with van der Waals surface area (Å²) in [5.41, 5.74) is 2.03. The lowest BCUT2D eigenvalue weighted by molar-refractivity contribution is -0.530. The maximum Gasteiger partial charge on any atom is 0.331 e. The number of carbonyl (C=O) groups excluding carboxylic acids is 1. The lowest BCUT2D eigenvalue weighted by Crippen LogP contribution is -2.30. The van der Waals surface area contributed by atoms with Crippen LogP contribution in [0, 0.1) is 19.1 Å². The summed E-state index contributed by atoms with van der Waals surface area (Å²) in [6, 6.07) is 4.19. The molecule has 154 valence electrons. The van der Waals surface area contributed by atoms with Crippen LogP contribution in [0.4, 0.5) is 0 Å². The van der Waals surface area contributed by atoms with Crippen LogP contribution in [0.1, 0.15) is 49.1 Å². The SMILES string of the molecule is Cc1nc(COC(=O)/C=C/c2ccc(O)c(O)c2)c(C)nc1/C=[N+](\[O-])C(C)(C)C. The van der Waals surface area contributed by atoms with Gasteiger partial charge in [-0.3, -0.25) is 4.98 Å². The van der Waals surface area contributed by atoms with Crippen LogP contribution >= 0.6 is 0 Å². The van der Waals surface area contributed by atoms with Crippen molar-refractivity contribution in [3.8, 4) is 11.5 Å². The summed E-state index contributed by atoms with van der Waals surface area (Å²) in [5.74, 6) is -1.11. The summed E-state index contributed by atoms with van der Waals surface area (Å²) >= 11 is 0. The zero-order chi connectivity index (χ0) is 21.8. The summed E-state index contributed by atoms with van der Waals surface area (Å²) in [7, 11) is 0. The van der Waals surface area contributed by atoms with Gasteiger partial charge in [-0.15, -0.1) is 0 Å². The van der Waals surface area contributed by atoms with Gasteiger partial charge in [-0.05, 0) is 37.6 Å². The number of phenols is 2. The topological polar surface area (TPSA) is 119 Å². The maximum absolute atomic E-state index is 12.1. The maximum atomic E-state index is 12.1. The van der Waals surface area contributed by atoms with E-state index >= 15 is 0 Å². The summed E-state index contributed by atoms with van der Waals surface area (Å²) in [5, 5.41) is 30.9. The number of ether oxygens (including phenoxy) is 1. The third kappa shape index (κ3) is 6.03. The lowest BCUT2D eigenvalue weighted by atomic mass is 10.1. The van der Waals surface area contributed by atoms with E-state index in [1.165, 1.54) is 30.5 Å². The van der Waals surface area contributed by atoms with Crippen molar-refractivity contribution in [2.75, 3.05) is 0 Å². The Kier molecular flexibility index (Phi) is 6.58. The van der Waals surface area contributed by atoms with Gasteiger partial charge < -0.3 is 20.2 Å². The molecule has 0 saturated carbocycles. The average molecular weight is 399 g/mol. The number of aromatic nitrogens is 2. The molecule has 0 amide bonds. The largest absolute Gasteiger partial charge is 0.623 e. The first-order chi connectivity index (χ1) is 13.5. The first-order valence-corrected chi connectivity index (χ1v) is 8.99. The molecule has 0 aliphatic carbocycles. The van der Waals surface area contributed by atoms with Crippen LogP contribution in [0.15, 0.2) is 24.3 Å². The first-order valence-electron chi connectivity index (χ1n) is 8.99. The molecule has 2 N–H and O–H groups in total. The summed E-state index contributed by atoms with van der Waals surface area (Å²) in [6.07, 6.45) is 4.07. The second-order valence-electron chi connectivity index (χ2n) is 7.54. The fourth-order valence-electron chi connectivity index (χ4n) is 2.23. The van der Waals surface area contributed by atoms with Crippen molar-refractivity contribution in [2.24, 2.45) is 0 Å². The fourth-order valence-corrected chi connectivity index (χ4v) is 2.23. The van der Waals surface area contributed by atoms with Crippen molar-refractivity contribution in [2.45, 2.75) is 46.8 Å².